The third kappa shape index (κ3) is 3.00. The van der Waals surface area contributed by atoms with Crippen molar-refractivity contribution in [2.24, 2.45) is 17.8 Å². The molecule has 19 heavy (non-hydrogen) atoms. The summed E-state index contributed by atoms with van der Waals surface area (Å²) in [6.45, 7) is 9.74. The lowest BCUT2D eigenvalue weighted by molar-refractivity contribution is 0.0283. The minimum atomic E-state index is 0.734. The molecular formula is C17H32N2. The van der Waals surface area contributed by atoms with Crippen molar-refractivity contribution in [3.63, 3.8) is 0 Å². The number of rotatable bonds is 5. The Morgan fingerprint density at radius 2 is 1.84 bits per heavy atom. The lowest BCUT2D eigenvalue weighted by atomic mass is 9.73. The van der Waals surface area contributed by atoms with Gasteiger partial charge in [0.1, 0.15) is 0 Å². The zero-order chi connectivity index (χ0) is 13.4. The first kappa shape index (κ1) is 13.9. The van der Waals surface area contributed by atoms with Gasteiger partial charge in [0.2, 0.25) is 0 Å². The van der Waals surface area contributed by atoms with Crippen LogP contribution in [0.1, 0.15) is 59.3 Å². The Labute approximate surface area is 119 Å². The lowest BCUT2D eigenvalue weighted by Gasteiger charge is -2.49. The molecule has 0 aromatic heterocycles. The average Bonchev–Trinajstić information content (AvgIpc) is 3.07. The van der Waals surface area contributed by atoms with E-state index >= 15 is 0 Å². The molecule has 1 aliphatic heterocycles. The van der Waals surface area contributed by atoms with Crippen LogP contribution in [0.5, 0.6) is 0 Å². The van der Waals surface area contributed by atoms with Crippen molar-refractivity contribution in [3.05, 3.63) is 0 Å². The predicted octanol–water partition coefficient (Wildman–Crippen LogP) is 3.27. The van der Waals surface area contributed by atoms with E-state index in [4.69, 9.17) is 0 Å². The number of hydrogen-bond donors (Lipinski definition) is 1. The fourth-order valence-corrected chi connectivity index (χ4v) is 4.56. The number of hydrogen-bond acceptors (Lipinski definition) is 2. The zero-order valence-corrected chi connectivity index (χ0v) is 13.1. The topological polar surface area (TPSA) is 15.3 Å². The highest BCUT2D eigenvalue weighted by atomic mass is 15.2. The van der Waals surface area contributed by atoms with E-state index in [1.807, 2.05) is 0 Å². The fraction of sp³-hybridized carbons (Fsp3) is 1.00. The second-order valence-electron chi connectivity index (χ2n) is 7.58. The number of nitrogens with zero attached hydrogens (tertiary/aromatic N) is 1. The summed E-state index contributed by atoms with van der Waals surface area (Å²) in [7, 11) is 0. The van der Waals surface area contributed by atoms with Gasteiger partial charge in [-0.2, -0.15) is 0 Å². The summed E-state index contributed by atoms with van der Waals surface area (Å²) in [6, 6.07) is 2.45. The smallest absolute Gasteiger partial charge is 0.0151 e. The summed E-state index contributed by atoms with van der Waals surface area (Å²) < 4.78 is 0. The zero-order valence-electron chi connectivity index (χ0n) is 13.1. The van der Waals surface area contributed by atoms with Crippen LogP contribution in [0, 0.1) is 17.8 Å². The summed E-state index contributed by atoms with van der Waals surface area (Å²) in [6.07, 6.45) is 8.66. The summed E-state index contributed by atoms with van der Waals surface area (Å²) >= 11 is 0. The first-order valence-corrected chi connectivity index (χ1v) is 8.69. The minimum Gasteiger partial charge on any atom is -0.310 e. The molecule has 2 saturated carbocycles. The van der Waals surface area contributed by atoms with Crippen molar-refractivity contribution < 1.29 is 0 Å². The van der Waals surface area contributed by atoms with Crippen LogP contribution in [-0.4, -0.2) is 36.1 Å². The average molecular weight is 264 g/mol. The molecule has 3 aliphatic rings. The first-order valence-electron chi connectivity index (χ1n) is 8.69. The molecule has 0 aromatic rings. The monoisotopic (exact) mass is 264 g/mol. The normalized spacial score (nSPS) is 42.6. The van der Waals surface area contributed by atoms with Gasteiger partial charge in [-0.05, 0) is 57.3 Å². The van der Waals surface area contributed by atoms with Gasteiger partial charge < -0.3 is 10.2 Å². The molecule has 2 bridgehead atoms. The van der Waals surface area contributed by atoms with Crippen LogP contribution in [0.15, 0.2) is 0 Å². The van der Waals surface area contributed by atoms with Crippen molar-refractivity contribution in [1.82, 2.24) is 10.2 Å². The largest absolute Gasteiger partial charge is 0.310 e. The minimum absolute atomic E-state index is 0.734. The van der Waals surface area contributed by atoms with Gasteiger partial charge in [-0.3, -0.25) is 0 Å². The van der Waals surface area contributed by atoms with E-state index in [0.717, 1.165) is 35.9 Å². The van der Waals surface area contributed by atoms with E-state index in [-0.39, 0.29) is 0 Å². The molecule has 1 N–H and O–H groups in total. The van der Waals surface area contributed by atoms with Gasteiger partial charge >= 0.3 is 0 Å². The SMILES string of the molecule is CCCC1CC1NC1C2CCCC1CN(C(C)C)C2. The van der Waals surface area contributed by atoms with Crippen LogP contribution in [0.25, 0.3) is 0 Å². The lowest BCUT2D eigenvalue weighted by Crippen LogP contribution is -2.58. The molecule has 4 atom stereocenters. The van der Waals surface area contributed by atoms with E-state index in [9.17, 15) is 0 Å². The molecule has 110 valence electrons. The maximum absolute atomic E-state index is 4.06. The molecule has 0 amide bonds. The van der Waals surface area contributed by atoms with Crippen LogP contribution < -0.4 is 5.32 Å². The number of likely N-dealkylation sites (tertiary alicyclic amines) is 1. The standard InChI is InChI=1S/C17H32N2/c1-4-6-13-9-16(13)18-17-14-7-5-8-15(17)11-19(10-14)12(2)3/h12-18H,4-11H2,1-3H3. The molecule has 2 heteroatoms. The molecule has 1 heterocycles. The van der Waals surface area contributed by atoms with E-state index in [1.165, 1.54) is 51.6 Å². The maximum Gasteiger partial charge on any atom is 0.0151 e. The molecule has 0 aromatic carbocycles. The molecule has 3 fully saturated rings. The Balaban J connectivity index is 1.57. The molecule has 0 spiro atoms. The third-order valence-electron chi connectivity index (χ3n) is 5.82. The summed E-state index contributed by atoms with van der Waals surface area (Å²) in [4.78, 5) is 2.73. The Morgan fingerprint density at radius 3 is 2.42 bits per heavy atom. The van der Waals surface area contributed by atoms with Gasteiger partial charge in [-0.25, -0.2) is 0 Å². The van der Waals surface area contributed by atoms with Gasteiger partial charge in [0.05, 0.1) is 0 Å². The number of nitrogens with one attached hydrogen (secondary N) is 1. The van der Waals surface area contributed by atoms with Gasteiger partial charge in [-0.1, -0.05) is 19.8 Å². The molecule has 0 radical (unpaired) electrons. The van der Waals surface area contributed by atoms with Gasteiger partial charge in [0.15, 0.2) is 0 Å². The van der Waals surface area contributed by atoms with Crippen LogP contribution in [-0.2, 0) is 0 Å². The second kappa shape index (κ2) is 5.73. The van der Waals surface area contributed by atoms with Crippen molar-refractivity contribution in [3.8, 4) is 0 Å². The van der Waals surface area contributed by atoms with Crippen molar-refractivity contribution in [2.45, 2.75) is 77.4 Å². The van der Waals surface area contributed by atoms with E-state index < -0.39 is 0 Å². The van der Waals surface area contributed by atoms with Crippen LogP contribution >= 0.6 is 0 Å². The van der Waals surface area contributed by atoms with Crippen LogP contribution in [0.3, 0.4) is 0 Å². The highest BCUT2D eigenvalue weighted by Crippen LogP contribution is 2.40. The van der Waals surface area contributed by atoms with Crippen LogP contribution in [0.2, 0.25) is 0 Å². The Hall–Kier alpha value is -0.0800. The van der Waals surface area contributed by atoms with Crippen molar-refractivity contribution in [1.29, 1.82) is 0 Å². The molecule has 4 unspecified atom stereocenters. The van der Waals surface area contributed by atoms with E-state index in [1.54, 1.807) is 0 Å². The van der Waals surface area contributed by atoms with Crippen molar-refractivity contribution >= 4 is 0 Å². The molecule has 1 saturated heterocycles. The van der Waals surface area contributed by atoms with Crippen LogP contribution in [0.4, 0.5) is 0 Å². The van der Waals surface area contributed by atoms with Gasteiger partial charge in [0, 0.05) is 31.2 Å². The third-order valence-corrected chi connectivity index (χ3v) is 5.82. The highest BCUT2D eigenvalue weighted by Gasteiger charge is 2.44. The number of fused-ring (bicyclic) bond motifs is 2. The Kier molecular flexibility index (Phi) is 4.19. The maximum atomic E-state index is 4.06. The summed E-state index contributed by atoms with van der Waals surface area (Å²) in [5, 5.41) is 4.06. The Bertz CT molecular complexity index is 288. The van der Waals surface area contributed by atoms with Gasteiger partial charge in [-0.15, -0.1) is 0 Å². The highest BCUT2D eigenvalue weighted by molar-refractivity contribution is 5.01. The summed E-state index contributed by atoms with van der Waals surface area (Å²) in [5.74, 6) is 2.87. The summed E-state index contributed by atoms with van der Waals surface area (Å²) in [5.41, 5.74) is 0. The number of piperidine rings is 1. The van der Waals surface area contributed by atoms with Gasteiger partial charge in [0.25, 0.3) is 0 Å². The second-order valence-corrected chi connectivity index (χ2v) is 7.58. The Morgan fingerprint density at radius 1 is 1.16 bits per heavy atom. The first-order chi connectivity index (χ1) is 9.19. The molecular weight excluding hydrogens is 232 g/mol. The molecule has 2 aliphatic carbocycles. The predicted molar refractivity (Wildman–Crippen MR) is 81.3 cm³/mol. The molecule has 3 rings (SSSR count). The van der Waals surface area contributed by atoms with E-state index in [2.05, 4.69) is 31.0 Å². The van der Waals surface area contributed by atoms with E-state index in [0.29, 0.717) is 0 Å². The fourth-order valence-electron chi connectivity index (χ4n) is 4.56. The quantitative estimate of drug-likeness (QED) is 0.820. The molecule has 2 nitrogen and oxygen atoms in total. The van der Waals surface area contributed by atoms with Crippen molar-refractivity contribution in [2.75, 3.05) is 13.1 Å².